The van der Waals surface area contributed by atoms with Crippen molar-refractivity contribution >= 4 is 5.78 Å². The van der Waals surface area contributed by atoms with E-state index < -0.39 is 0 Å². The summed E-state index contributed by atoms with van der Waals surface area (Å²) in [6, 6.07) is 8.56. The van der Waals surface area contributed by atoms with Crippen LogP contribution in [0.5, 0.6) is 0 Å². The van der Waals surface area contributed by atoms with Gasteiger partial charge in [0.2, 0.25) is 0 Å². The minimum Gasteiger partial charge on any atom is -0.294 e. The lowest BCUT2D eigenvalue weighted by atomic mass is 9.90. The molecule has 0 N–H and O–H groups in total. The molecule has 1 aliphatic carbocycles. The van der Waals surface area contributed by atoms with E-state index >= 15 is 0 Å². The van der Waals surface area contributed by atoms with Gasteiger partial charge in [-0.2, -0.15) is 0 Å². The van der Waals surface area contributed by atoms with Gasteiger partial charge in [0, 0.05) is 5.41 Å². The summed E-state index contributed by atoms with van der Waals surface area (Å²) in [6.45, 7) is 5.88. The van der Waals surface area contributed by atoms with E-state index in [1.807, 2.05) is 20.8 Å². The maximum Gasteiger partial charge on any atom is 0.160 e. The smallest absolute Gasteiger partial charge is 0.160 e. The van der Waals surface area contributed by atoms with Gasteiger partial charge in [-0.25, -0.2) is 0 Å². The second-order valence-electron chi connectivity index (χ2n) is 5.91. The van der Waals surface area contributed by atoms with Crippen LogP contribution in [0.3, 0.4) is 0 Å². The summed E-state index contributed by atoms with van der Waals surface area (Å²) in [4.78, 5) is 11.8. The molecular weight excluding hydrogens is 208 g/mol. The molecule has 0 saturated heterocycles. The van der Waals surface area contributed by atoms with Crippen molar-refractivity contribution in [2.45, 2.75) is 33.6 Å². The lowest BCUT2D eigenvalue weighted by Crippen LogP contribution is -2.17. The van der Waals surface area contributed by atoms with Gasteiger partial charge in [0.25, 0.3) is 0 Å². The third kappa shape index (κ3) is 2.85. The summed E-state index contributed by atoms with van der Waals surface area (Å²) < 4.78 is 0. The second kappa shape index (κ2) is 4.48. The van der Waals surface area contributed by atoms with Gasteiger partial charge in [-0.1, -0.05) is 51.1 Å². The molecule has 1 aliphatic rings. The zero-order chi connectivity index (χ0) is 12.5. The van der Waals surface area contributed by atoms with Crippen molar-refractivity contribution in [2.75, 3.05) is 0 Å². The van der Waals surface area contributed by atoms with E-state index in [2.05, 4.69) is 30.3 Å². The zero-order valence-corrected chi connectivity index (χ0v) is 10.9. The van der Waals surface area contributed by atoms with Gasteiger partial charge in [-0.15, -0.1) is 0 Å². The van der Waals surface area contributed by atoms with Crippen LogP contribution in [-0.4, -0.2) is 5.78 Å². The number of fused-ring (bicyclic) bond motifs is 1. The molecule has 1 aromatic carbocycles. The average Bonchev–Trinajstić information content (AvgIpc) is 2.66. The number of hydrogen-bond donors (Lipinski definition) is 0. The Bertz CT molecular complexity index is 424. The highest BCUT2D eigenvalue weighted by atomic mass is 16.1. The van der Waals surface area contributed by atoms with Gasteiger partial charge in [0.15, 0.2) is 5.78 Å². The Labute approximate surface area is 104 Å². The molecule has 0 atom stereocenters. The fraction of sp³-hybridized carbons (Fsp3) is 0.438. The van der Waals surface area contributed by atoms with Crippen molar-refractivity contribution in [3.05, 3.63) is 47.5 Å². The predicted molar refractivity (Wildman–Crippen MR) is 70.9 cm³/mol. The van der Waals surface area contributed by atoms with Gasteiger partial charge >= 0.3 is 0 Å². The van der Waals surface area contributed by atoms with E-state index in [0.717, 1.165) is 12.8 Å². The van der Waals surface area contributed by atoms with E-state index in [0.29, 0.717) is 5.92 Å². The normalized spacial score (nSPS) is 16.4. The summed E-state index contributed by atoms with van der Waals surface area (Å²) in [7, 11) is 0. The SMILES string of the molecule is CC(C)(C)C(=O)/C=C/C1Cc2ccccc2C1. The molecule has 90 valence electrons. The van der Waals surface area contributed by atoms with Crippen LogP contribution < -0.4 is 0 Å². The van der Waals surface area contributed by atoms with Crippen LogP contribution in [0.2, 0.25) is 0 Å². The minimum absolute atomic E-state index is 0.216. The van der Waals surface area contributed by atoms with Gasteiger partial charge in [0.05, 0.1) is 0 Å². The van der Waals surface area contributed by atoms with Crippen LogP contribution in [0.4, 0.5) is 0 Å². The molecule has 0 aliphatic heterocycles. The molecule has 0 aromatic heterocycles. The summed E-state index contributed by atoms with van der Waals surface area (Å²) in [6.07, 6.45) is 6.01. The van der Waals surface area contributed by atoms with Crippen LogP contribution in [0.25, 0.3) is 0 Å². The van der Waals surface area contributed by atoms with E-state index in [-0.39, 0.29) is 11.2 Å². The molecule has 0 radical (unpaired) electrons. The topological polar surface area (TPSA) is 17.1 Å². The maximum atomic E-state index is 11.8. The van der Waals surface area contributed by atoms with Crippen molar-refractivity contribution in [3.63, 3.8) is 0 Å². The molecule has 0 heterocycles. The summed E-state index contributed by atoms with van der Waals surface area (Å²) in [5.41, 5.74) is 2.61. The zero-order valence-electron chi connectivity index (χ0n) is 10.9. The van der Waals surface area contributed by atoms with Gasteiger partial charge in [0.1, 0.15) is 0 Å². The number of benzene rings is 1. The molecule has 1 nitrogen and oxygen atoms in total. The first-order valence-electron chi connectivity index (χ1n) is 6.26. The highest BCUT2D eigenvalue weighted by Crippen LogP contribution is 2.27. The van der Waals surface area contributed by atoms with Crippen LogP contribution >= 0.6 is 0 Å². The monoisotopic (exact) mass is 228 g/mol. The fourth-order valence-corrected chi connectivity index (χ4v) is 2.20. The highest BCUT2D eigenvalue weighted by molar-refractivity contribution is 5.93. The molecule has 0 amide bonds. The Morgan fingerprint density at radius 2 is 1.71 bits per heavy atom. The Morgan fingerprint density at radius 3 is 2.18 bits per heavy atom. The summed E-state index contributed by atoms with van der Waals surface area (Å²) >= 11 is 0. The molecule has 1 heteroatoms. The molecule has 0 saturated carbocycles. The highest BCUT2D eigenvalue weighted by Gasteiger charge is 2.21. The standard InChI is InChI=1S/C16H20O/c1-16(2,3)15(17)9-8-12-10-13-6-4-5-7-14(13)11-12/h4-9,12H,10-11H2,1-3H3/b9-8+. The molecule has 0 spiro atoms. The third-order valence-electron chi connectivity index (χ3n) is 3.34. The first-order chi connectivity index (χ1) is 7.97. The molecular formula is C16H20O. The third-order valence-corrected chi connectivity index (χ3v) is 3.34. The quantitative estimate of drug-likeness (QED) is 0.707. The molecule has 17 heavy (non-hydrogen) atoms. The fourth-order valence-electron chi connectivity index (χ4n) is 2.20. The van der Waals surface area contributed by atoms with Crippen molar-refractivity contribution in [1.29, 1.82) is 0 Å². The Hall–Kier alpha value is -1.37. The van der Waals surface area contributed by atoms with Crippen molar-refractivity contribution in [1.82, 2.24) is 0 Å². The van der Waals surface area contributed by atoms with Crippen LogP contribution in [0.15, 0.2) is 36.4 Å². The Balaban J connectivity index is 2.01. The Kier molecular flexibility index (Phi) is 3.19. The summed E-state index contributed by atoms with van der Waals surface area (Å²) in [5, 5.41) is 0. The van der Waals surface area contributed by atoms with Gasteiger partial charge in [-0.3, -0.25) is 4.79 Å². The first-order valence-corrected chi connectivity index (χ1v) is 6.26. The molecule has 0 unspecified atom stereocenters. The van der Waals surface area contributed by atoms with Crippen molar-refractivity contribution in [2.24, 2.45) is 11.3 Å². The van der Waals surface area contributed by atoms with Crippen molar-refractivity contribution in [3.8, 4) is 0 Å². The largest absolute Gasteiger partial charge is 0.294 e. The van der Waals surface area contributed by atoms with E-state index in [1.165, 1.54) is 11.1 Å². The van der Waals surface area contributed by atoms with E-state index in [1.54, 1.807) is 6.08 Å². The van der Waals surface area contributed by atoms with Gasteiger partial charge in [-0.05, 0) is 36.0 Å². The number of allylic oxidation sites excluding steroid dienone is 2. The van der Waals surface area contributed by atoms with Crippen LogP contribution in [0.1, 0.15) is 31.9 Å². The number of ketones is 1. The number of rotatable bonds is 2. The Morgan fingerprint density at radius 1 is 1.18 bits per heavy atom. The lowest BCUT2D eigenvalue weighted by molar-refractivity contribution is -0.121. The second-order valence-corrected chi connectivity index (χ2v) is 5.91. The first kappa shape index (κ1) is 12.1. The van der Waals surface area contributed by atoms with Crippen LogP contribution in [-0.2, 0) is 17.6 Å². The average molecular weight is 228 g/mol. The lowest BCUT2D eigenvalue weighted by Gasteiger charge is -2.13. The molecule has 0 fully saturated rings. The maximum absolute atomic E-state index is 11.8. The number of hydrogen-bond acceptors (Lipinski definition) is 1. The van der Waals surface area contributed by atoms with Crippen molar-refractivity contribution < 1.29 is 4.79 Å². The predicted octanol–water partition coefficient (Wildman–Crippen LogP) is 3.57. The summed E-state index contributed by atoms with van der Waals surface area (Å²) in [5.74, 6) is 0.715. The molecule has 0 bridgehead atoms. The van der Waals surface area contributed by atoms with E-state index in [4.69, 9.17) is 0 Å². The van der Waals surface area contributed by atoms with Gasteiger partial charge < -0.3 is 0 Å². The van der Waals surface area contributed by atoms with Crippen LogP contribution in [0, 0.1) is 11.3 Å². The molecule has 1 aromatic rings. The molecule has 2 rings (SSSR count). The minimum atomic E-state index is -0.262. The number of carbonyl (C=O) groups excluding carboxylic acids is 1. The van der Waals surface area contributed by atoms with E-state index in [9.17, 15) is 4.79 Å². The number of carbonyl (C=O) groups is 1.